The van der Waals surface area contributed by atoms with E-state index in [1.807, 2.05) is 103 Å². The van der Waals surface area contributed by atoms with Crippen molar-refractivity contribution in [3.8, 4) is 51.3 Å². The van der Waals surface area contributed by atoms with Crippen LogP contribution in [0.3, 0.4) is 0 Å². The van der Waals surface area contributed by atoms with Crippen LogP contribution in [0.25, 0.3) is 89.7 Å². The molecule has 0 amide bonds. The van der Waals surface area contributed by atoms with Gasteiger partial charge in [-0.15, -0.1) is 0 Å². The molecule has 2 aliphatic heterocycles. The van der Waals surface area contributed by atoms with Crippen LogP contribution < -0.4 is 6.65 Å². The number of aromatic amines is 2. The molecule has 10 heteroatoms. The van der Waals surface area contributed by atoms with E-state index >= 15 is 0 Å². The van der Waals surface area contributed by atoms with Gasteiger partial charge in [0.25, 0.3) is 0 Å². The van der Waals surface area contributed by atoms with Crippen molar-refractivity contribution in [3.05, 3.63) is 121 Å². The Morgan fingerprint density at radius 2 is 0.833 bits per heavy atom. The fourth-order valence-electron chi connectivity index (χ4n) is 6.38. The van der Waals surface area contributed by atoms with Crippen molar-refractivity contribution in [1.82, 2.24) is 39.9 Å². The van der Waals surface area contributed by atoms with Crippen molar-refractivity contribution >= 4 is 69.3 Å². The summed E-state index contributed by atoms with van der Waals surface area (Å²) in [5, 5.41) is 3.82. The molecule has 224 valence electrons. The molecule has 3 aromatic heterocycles. The van der Waals surface area contributed by atoms with Gasteiger partial charge in [-0.25, -0.2) is 0 Å². The Hall–Kier alpha value is -5.94. The van der Waals surface area contributed by atoms with Crippen LogP contribution in [0.15, 0.2) is 121 Å². The van der Waals surface area contributed by atoms with E-state index in [9.17, 15) is 0 Å². The Balaban J connectivity index is 1.34. The van der Waals surface area contributed by atoms with Gasteiger partial charge in [-0.2, -0.15) is 0 Å². The minimum atomic E-state index is -1.55. The Bertz CT molecular complexity index is 2750. The van der Waals surface area contributed by atoms with Gasteiger partial charge in [-0.3, -0.25) is 0 Å². The van der Waals surface area contributed by atoms with Crippen molar-refractivity contribution in [3.63, 3.8) is 0 Å². The zero-order chi connectivity index (χ0) is 31.6. The number of fused-ring (bicyclic) bond motifs is 20. The molecule has 48 heavy (non-hydrogen) atoms. The van der Waals surface area contributed by atoms with Crippen LogP contribution in [0.5, 0.6) is 5.75 Å². The molecule has 8 aromatic rings. The van der Waals surface area contributed by atoms with Gasteiger partial charge in [-0.1, -0.05) is 6.07 Å². The number of hydrogen-bond donors (Lipinski definition) is 2. The molecule has 10 rings (SSSR count). The quantitative estimate of drug-likeness (QED) is 0.185. The average molecular weight is 725 g/mol. The van der Waals surface area contributed by atoms with Crippen LogP contribution in [0.2, 0.25) is 0 Å². The standard InChI is InChI=1S/C32H17N8.C6H6O.Sn/c1-2-10-18-17(9-1)25-33-26(18)38-28-21-13-5-6-14-22(21)30(35-28)40-32-24-16-8-7-15-23(24)31(36-32)39-29-20-12-4-3-11-19(20)27(34-29)37-25;7-6-4-2-1-3-5-6;/h1-15H,(H2,33,34,35,36,37,38,39,40);1-5,7H;/q;;+1/p-1. The zero-order valence-electron chi connectivity index (χ0n) is 25.1. The molecule has 0 atom stereocenters. The van der Waals surface area contributed by atoms with Gasteiger partial charge in [0.2, 0.25) is 0 Å². The molecule has 5 heterocycles. The van der Waals surface area contributed by atoms with Crippen molar-refractivity contribution in [2.24, 2.45) is 0 Å². The van der Waals surface area contributed by atoms with Crippen LogP contribution in [-0.4, -0.2) is 61.4 Å². The summed E-state index contributed by atoms with van der Waals surface area (Å²) in [5.41, 5.74) is 6.34. The van der Waals surface area contributed by atoms with Crippen LogP contribution in [-0.2, 0) is 0 Å². The fraction of sp³-hybridized carbons (Fsp3) is 0. The zero-order valence-corrected chi connectivity index (χ0v) is 28.0. The van der Waals surface area contributed by atoms with Gasteiger partial charge in [-0.05, 0) is 0 Å². The maximum atomic E-state index is 6.40. The van der Waals surface area contributed by atoms with Crippen LogP contribution in [0, 0.1) is 0 Å². The van der Waals surface area contributed by atoms with E-state index in [-0.39, 0.29) is 0 Å². The van der Waals surface area contributed by atoms with E-state index in [1.165, 1.54) is 0 Å². The third kappa shape index (κ3) is 4.38. The molecule has 2 N–H and O–H groups in total. The number of nitrogens with one attached hydrogen (secondary N) is 2. The van der Waals surface area contributed by atoms with Gasteiger partial charge < -0.3 is 0 Å². The molecule has 0 aliphatic carbocycles. The summed E-state index contributed by atoms with van der Waals surface area (Å²) in [5.74, 6) is 3.19. The normalized spacial score (nSPS) is 11.8. The Kier molecular flexibility index (Phi) is 6.13. The summed E-state index contributed by atoms with van der Waals surface area (Å²) in [4.78, 5) is 37.5. The van der Waals surface area contributed by atoms with Gasteiger partial charge in [0.15, 0.2) is 0 Å². The first-order chi connectivity index (χ1) is 23.8. The molecular weight excluding hydrogens is 703 g/mol. The van der Waals surface area contributed by atoms with E-state index in [1.54, 1.807) is 0 Å². The fourth-order valence-corrected chi connectivity index (χ4v) is 8.90. The molecule has 0 fully saturated rings. The molecule has 9 nitrogen and oxygen atoms in total. The molecule has 8 bridgehead atoms. The molecular formula is C38H22N8OSn. The SMILES string of the molecule is c1ccc([O][Sn][c]2cccc3c4nc5nc(nc6[nH]c(nc7nc(nc([nH]4)c23)-c2ccccc2-7)c2ccccc62)-c2ccccc2-5)cc1. The third-order valence-corrected chi connectivity index (χ3v) is 11.4. The summed E-state index contributed by atoms with van der Waals surface area (Å²) < 4.78 is 7.53. The topological polar surface area (TPSA) is 118 Å². The number of aromatic nitrogens is 8. The second kappa shape index (κ2) is 10.8. The monoisotopic (exact) mass is 726 g/mol. The molecule has 2 radical (unpaired) electrons. The number of benzene rings is 5. The van der Waals surface area contributed by atoms with E-state index in [0.29, 0.717) is 45.9 Å². The van der Waals surface area contributed by atoms with Crippen molar-refractivity contribution < 1.29 is 3.07 Å². The van der Waals surface area contributed by atoms with E-state index in [4.69, 9.17) is 33.0 Å². The summed E-state index contributed by atoms with van der Waals surface area (Å²) in [6, 6.07) is 40.5. The summed E-state index contributed by atoms with van der Waals surface area (Å²) in [6.45, 7) is 0. The van der Waals surface area contributed by atoms with Gasteiger partial charge in [0.05, 0.1) is 0 Å². The second-order valence-electron chi connectivity index (χ2n) is 11.5. The summed E-state index contributed by atoms with van der Waals surface area (Å²) in [7, 11) is 0. The van der Waals surface area contributed by atoms with Gasteiger partial charge in [0, 0.05) is 0 Å². The first kappa shape index (κ1) is 27.2. The first-order valence-corrected chi connectivity index (χ1v) is 18.1. The average Bonchev–Trinajstić information content (AvgIpc) is 3.87. The molecule has 0 spiro atoms. The second-order valence-corrected chi connectivity index (χ2v) is 14.2. The molecule has 5 aromatic carbocycles. The minimum absolute atomic E-state index is 0.579. The summed E-state index contributed by atoms with van der Waals surface area (Å²) >= 11 is -1.55. The first-order valence-electron chi connectivity index (χ1n) is 15.5. The van der Waals surface area contributed by atoms with Gasteiger partial charge >= 0.3 is 279 Å². The molecule has 0 saturated heterocycles. The third-order valence-electron chi connectivity index (χ3n) is 8.60. The number of rotatable bonds is 3. The number of para-hydroxylation sites is 1. The Labute approximate surface area is 283 Å². The Morgan fingerprint density at radius 3 is 1.40 bits per heavy atom. The molecule has 0 saturated carbocycles. The van der Waals surface area contributed by atoms with Crippen molar-refractivity contribution in [1.29, 1.82) is 0 Å². The Morgan fingerprint density at radius 1 is 0.396 bits per heavy atom. The number of nitrogens with zero attached hydrogens (tertiary/aromatic N) is 6. The van der Waals surface area contributed by atoms with Crippen LogP contribution >= 0.6 is 0 Å². The molecule has 2 aliphatic rings. The number of hydrogen-bond acceptors (Lipinski definition) is 7. The summed E-state index contributed by atoms with van der Waals surface area (Å²) in [6.07, 6.45) is 0. The maximum absolute atomic E-state index is 6.40. The predicted molar refractivity (Wildman–Crippen MR) is 189 cm³/mol. The van der Waals surface area contributed by atoms with Crippen molar-refractivity contribution in [2.45, 2.75) is 0 Å². The van der Waals surface area contributed by atoms with E-state index in [2.05, 4.69) is 28.2 Å². The van der Waals surface area contributed by atoms with Gasteiger partial charge in [0.1, 0.15) is 0 Å². The van der Waals surface area contributed by atoms with Crippen LogP contribution in [0.4, 0.5) is 0 Å². The molecule has 0 unspecified atom stereocenters. The van der Waals surface area contributed by atoms with E-state index in [0.717, 1.165) is 53.1 Å². The van der Waals surface area contributed by atoms with E-state index < -0.39 is 21.6 Å². The van der Waals surface area contributed by atoms with Crippen molar-refractivity contribution in [2.75, 3.05) is 0 Å². The number of H-pyrrole nitrogens is 2. The predicted octanol–water partition coefficient (Wildman–Crippen LogP) is 7.19. The van der Waals surface area contributed by atoms with Crippen LogP contribution in [0.1, 0.15) is 0 Å².